The molecule has 1 aromatic carbocycles. The highest BCUT2D eigenvalue weighted by atomic mass is 19.4. The highest BCUT2D eigenvalue weighted by Crippen LogP contribution is 2.25. The van der Waals surface area contributed by atoms with Crippen molar-refractivity contribution in [3.63, 3.8) is 0 Å². The fourth-order valence-electron chi connectivity index (χ4n) is 4.73. The first kappa shape index (κ1) is 29.2. The van der Waals surface area contributed by atoms with Crippen LogP contribution in [-0.2, 0) is 16.1 Å². The highest BCUT2D eigenvalue weighted by molar-refractivity contribution is 5.83. The van der Waals surface area contributed by atoms with E-state index in [1.165, 1.54) is 11.2 Å². The quantitative estimate of drug-likeness (QED) is 0.223. The van der Waals surface area contributed by atoms with Gasteiger partial charge in [0.05, 0.1) is 16.7 Å². The average Bonchev–Trinajstić information content (AvgIpc) is 3.37. The number of piperazine rings is 1. The van der Waals surface area contributed by atoms with E-state index in [0.717, 1.165) is 46.6 Å². The zero-order chi connectivity index (χ0) is 29.5. The molecule has 1 aliphatic rings. The first-order valence-corrected chi connectivity index (χ1v) is 13.6. The van der Waals surface area contributed by atoms with Crippen LogP contribution < -0.4 is 10.6 Å². The number of aromatic amines is 1. The summed E-state index contributed by atoms with van der Waals surface area (Å²) in [5, 5.41) is 6.49. The molecular formula is C28H32F3N9O2. The summed E-state index contributed by atoms with van der Waals surface area (Å²) in [7, 11) is 1.68. The van der Waals surface area contributed by atoms with Gasteiger partial charge in [0.15, 0.2) is 0 Å². The van der Waals surface area contributed by atoms with Crippen LogP contribution in [-0.4, -0.2) is 93.2 Å². The van der Waals surface area contributed by atoms with Gasteiger partial charge in [0.2, 0.25) is 11.9 Å². The molecule has 1 fully saturated rings. The number of anilines is 3. The van der Waals surface area contributed by atoms with E-state index in [1.807, 2.05) is 36.4 Å². The molecule has 0 radical (unpaired) electrons. The molecular weight excluding hydrogens is 551 g/mol. The van der Waals surface area contributed by atoms with Crippen LogP contribution in [0.4, 0.5) is 30.8 Å². The Morgan fingerprint density at radius 2 is 1.88 bits per heavy atom. The summed E-state index contributed by atoms with van der Waals surface area (Å²) in [6.07, 6.45) is -1.80. The molecule has 0 bridgehead atoms. The van der Waals surface area contributed by atoms with Crippen molar-refractivity contribution in [1.29, 1.82) is 0 Å². The van der Waals surface area contributed by atoms with Crippen LogP contribution in [0.1, 0.15) is 18.4 Å². The number of carbonyl (C=O) groups is 1. The summed E-state index contributed by atoms with van der Waals surface area (Å²) in [6, 6.07) is 11.6. The summed E-state index contributed by atoms with van der Waals surface area (Å²) < 4.78 is 42.7. The number of rotatable bonds is 11. The molecule has 1 saturated heterocycles. The minimum atomic E-state index is -4.49. The molecule has 0 unspecified atom stereocenters. The van der Waals surface area contributed by atoms with Gasteiger partial charge in [-0.3, -0.25) is 9.69 Å². The number of ether oxygens (including phenoxy) is 1. The molecule has 0 aliphatic carbocycles. The van der Waals surface area contributed by atoms with Crippen molar-refractivity contribution < 1.29 is 22.7 Å². The van der Waals surface area contributed by atoms with Gasteiger partial charge in [0.1, 0.15) is 24.4 Å². The van der Waals surface area contributed by atoms with Crippen LogP contribution in [0.5, 0.6) is 0 Å². The number of alkyl halides is 3. The maximum Gasteiger partial charge on any atom is 0.397 e. The Labute approximate surface area is 240 Å². The Hall–Kier alpha value is -4.30. The van der Waals surface area contributed by atoms with Gasteiger partial charge in [0, 0.05) is 70.8 Å². The third-order valence-electron chi connectivity index (χ3n) is 6.83. The van der Waals surface area contributed by atoms with Crippen molar-refractivity contribution in [2.24, 2.45) is 0 Å². The van der Waals surface area contributed by atoms with Crippen LogP contribution in [0.3, 0.4) is 0 Å². The van der Waals surface area contributed by atoms with Gasteiger partial charge in [-0.15, -0.1) is 0 Å². The lowest BCUT2D eigenvalue weighted by molar-refractivity contribution is -0.162. The van der Waals surface area contributed by atoms with Crippen molar-refractivity contribution in [3.05, 3.63) is 54.5 Å². The lowest BCUT2D eigenvalue weighted by Gasteiger charge is -2.35. The second-order valence-electron chi connectivity index (χ2n) is 10.0. The van der Waals surface area contributed by atoms with E-state index >= 15 is 0 Å². The smallest absolute Gasteiger partial charge is 0.385 e. The van der Waals surface area contributed by atoms with Gasteiger partial charge in [-0.2, -0.15) is 13.2 Å². The van der Waals surface area contributed by atoms with E-state index < -0.39 is 18.5 Å². The van der Waals surface area contributed by atoms with E-state index in [1.54, 1.807) is 13.3 Å². The predicted octanol–water partition coefficient (Wildman–Crippen LogP) is 4.20. The van der Waals surface area contributed by atoms with Gasteiger partial charge in [-0.1, -0.05) is 6.07 Å². The van der Waals surface area contributed by atoms with Gasteiger partial charge < -0.3 is 25.3 Å². The van der Waals surface area contributed by atoms with Gasteiger partial charge in [0.25, 0.3) is 0 Å². The maximum atomic E-state index is 12.5. The maximum absolute atomic E-state index is 12.5. The zero-order valence-electron chi connectivity index (χ0n) is 23.1. The fourth-order valence-corrected chi connectivity index (χ4v) is 4.73. The van der Waals surface area contributed by atoms with Crippen LogP contribution in [0.25, 0.3) is 22.3 Å². The molecule has 222 valence electrons. The number of hydrogen-bond acceptors (Lipinski definition) is 9. The zero-order valence-corrected chi connectivity index (χ0v) is 23.1. The molecule has 4 aromatic rings. The number of nitrogens with one attached hydrogen (secondary N) is 3. The number of carbonyl (C=O) groups excluding carboxylic acids is 1. The lowest BCUT2D eigenvalue weighted by atomic mass is 10.1. The van der Waals surface area contributed by atoms with Gasteiger partial charge in [-0.25, -0.2) is 19.9 Å². The molecule has 1 aliphatic heterocycles. The number of amides is 1. The molecule has 0 spiro atoms. The number of nitrogens with zero attached hydrogens (tertiary/aromatic N) is 6. The van der Waals surface area contributed by atoms with Crippen LogP contribution >= 0.6 is 0 Å². The molecule has 5 rings (SSSR count). The third kappa shape index (κ3) is 7.91. The molecule has 1 amide bonds. The first-order chi connectivity index (χ1) is 20.3. The standard InChI is InChI=1S/C28H32F3N9O2/c1-42-12-2-6-32-24-15-22(34-18-35-24)20-3-4-21-23(14-20)37-27(36-21)38-25-13-19(5-7-33-25)17-39-8-10-40(11-9-39)26(41)16-28(29,30)31/h3-5,7,13-15,18H,2,6,8-12,16-17H2,1H3,(H,32,34,35)(H2,33,36,37,38). The highest BCUT2D eigenvalue weighted by Gasteiger charge is 2.34. The Balaban J connectivity index is 1.19. The van der Waals surface area contributed by atoms with E-state index in [0.29, 0.717) is 38.0 Å². The average molecular weight is 584 g/mol. The number of pyridine rings is 1. The van der Waals surface area contributed by atoms with Crippen molar-refractivity contribution >= 4 is 34.5 Å². The molecule has 3 aromatic heterocycles. The molecule has 0 saturated carbocycles. The van der Waals surface area contributed by atoms with Crippen molar-refractivity contribution in [2.45, 2.75) is 25.6 Å². The van der Waals surface area contributed by atoms with Crippen LogP contribution in [0.2, 0.25) is 0 Å². The summed E-state index contributed by atoms with van der Waals surface area (Å²) in [5.74, 6) is 1.01. The summed E-state index contributed by atoms with van der Waals surface area (Å²) in [6.45, 7) is 3.55. The fraction of sp³-hybridized carbons (Fsp3) is 0.393. The first-order valence-electron chi connectivity index (χ1n) is 13.6. The van der Waals surface area contributed by atoms with Gasteiger partial charge >= 0.3 is 6.18 Å². The summed E-state index contributed by atoms with van der Waals surface area (Å²) in [4.78, 5) is 36.3. The Bertz CT molecular complexity index is 1500. The molecule has 11 nitrogen and oxygen atoms in total. The molecule has 0 atom stereocenters. The Morgan fingerprint density at radius 1 is 1.05 bits per heavy atom. The lowest BCUT2D eigenvalue weighted by Crippen LogP contribution is -2.49. The largest absolute Gasteiger partial charge is 0.397 e. The number of methoxy groups -OCH3 is 1. The van der Waals surface area contributed by atoms with Crippen LogP contribution in [0.15, 0.2) is 48.9 Å². The number of H-pyrrole nitrogens is 1. The predicted molar refractivity (Wildman–Crippen MR) is 152 cm³/mol. The Kier molecular flexibility index (Phi) is 9.12. The number of imidazole rings is 1. The number of benzene rings is 1. The van der Waals surface area contributed by atoms with Crippen molar-refractivity contribution in [2.75, 3.05) is 57.1 Å². The van der Waals surface area contributed by atoms with Crippen LogP contribution in [0, 0.1) is 0 Å². The molecule has 3 N–H and O–H groups in total. The van der Waals surface area contributed by atoms with Crippen molar-refractivity contribution in [3.8, 4) is 11.3 Å². The minimum Gasteiger partial charge on any atom is -0.385 e. The minimum absolute atomic E-state index is 0.271. The topological polar surface area (TPSA) is 124 Å². The summed E-state index contributed by atoms with van der Waals surface area (Å²) in [5.41, 5.74) is 4.29. The monoisotopic (exact) mass is 583 g/mol. The molecule has 4 heterocycles. The van der Waals surface area contributed by atoms with Gasteiger partial charge in [-0.05, 0) is 36.2 Å². The second kappa shape index (κ2) is 13.1. The van der Waals surface area contributed by atoms with E-state index in [9.17, 15) is 18.0 Å². The van der Waals surface area contributed by atoms with Crippen molar-refractivity contribution in [1.82, 2.24) is 34.7 Å². The number of hydrogen-bond donors (Lipinski definition) is 3. The second-order valence-corrected chi connectivity index (χ2v) is 10.0. The number of fused-ring (bicyclic) bond motifs is 1. The SMILES string of the molecule is COCCCNc1cc(-c2ccc3nc(Nc4cc(CN5CCN(C(=O)CC(F)(F)F)CC5)ccn4)[nH]c3c2)ncn1. The number of halogens is 3. The Morgan fingerprint density at radius 3 is 2.67 bits per heavy atom. The number of aromatic nitrogens is 5. The van der Waals surface area contributed by atoms with E-state index in [4.69, 9.17) is 4.74 Å². The third-order valence-corrected chi connectivity index (χ3v) is 6.83. The molecule has 42 heavy (non-hydrogen) atoms. The summed E-state index contributed by atoms with van der Waals surface area (Å²) >= 11 is 0. The van der Waals surface area contributed by atoms with E-state index in [-0.39, 0.29) is 13.1 Å². The van der Waals surface area contributed by atoms with E-state index in [2.05, 4.69) is 40.5 Å². The normalized spacial score (nSPS) is 14.3. The molecule has 14 heteroatoms.